The summed E-state index contributed by atoms with van der Waals surface area (Å²) < 4.78 is 13.3. The SMILES string of the molecule is CCOC(=O)C1=C(C)N=c2s/c(=C\c3ccc(-c4cc(C(=O)O)ccc4C)o3)c(=O)n2[C@@H]1c1ccc(N(C)C)cc1. The van der Waals surface area contributed by atoms with Gasteiger partial charge in [-0.25, -0.2) is 14.6 Å². The lowest BCUT2D eigenvalue weighted by Gasteiger charge is -2.25. The number of thiazole rings is 1. The van der Waals surface area contributed by atoms with Crippen molar-refractivity contribution in [1.29, 1.82) is 0 Å². The number of fused-ring (bicyclic) bond motifs is 1. The third-order valence-corrected chi connectivity index (χ3v) is 7.88. The molecule has 3 heterocycles. The minimum Gasteiger partial charge on any atom is -0.478 e. The van der Waals surface area contributed by atoms with Gasteiger partial charge in [-0.3, -0.25) is 9.36 Å². The van der Waals surface area contributed by atoms with E-state index < -0.39 is 18.0 Å². The smallest absolute Gasteiger partial charge is 0.338 e. The highest BCUT2D eigenvalue weighted by molar-refractivity contribution is 7.07. The van der Waals surface area contributed by atoms with E-state index in [1.54, 1.807) is 50.3 Å². The van der Waals surface area contributed by atoms with Crippen molar-refractivity contribution in [2.24, 2.45) is 4.99 Å². The predicted molar refractivity (Wildman–Crippen MR) is 157 cm³/mol. The first-order chi connectivity index (χ1) is 19.6. The van der Waals surface area contributed by atoms with Gasteiger partial charge in [0.05, 0.1) is 34.0 Å². The van der Waals surface area contributed by atoms with Crippen molar-refractivity contribution in [3.05, 3.63) is 108 Å². The fourth-order valence-electron chi connectivity index (χ4n) is 4.79. The third kappa shape index (κ3) is 5.26. The number of allylic oxidation sites excluding steroid dienone is 1. The number of aryl methyl sites for hydroxylation is 1. The number of furan rings is 1. The number of anilines is 1. The molecule has 2 aromatic carbocycles. The molecule has 0 aliphatic carbocycles. The molecule has 0 fully saturated rings. The number of benzene rings is 2. The zero-order valence-electron chi connectivity index (χ0n) is 23.3. The Kier molecular flexibility index (Phi) is 7.51. The molecule has 0 unspecified atom stereocenters. The van der Waals surface area contributed by atoms with E-state index in [-0.39, 0.29) is 17.7 Å². The fourth-order valence-corrected chi connectivity index (χ4v) is 5.81. The predicted octanol–water partition coefficient (Wildman–Crippen LogP) is 4.13. The van der Waals surface area contributed by atoms with Gasteiger partial charge in [-0.2, -0.15) is 0 Å². The molecule has 0 amide bonds. The number of rotatable bonds is 7. The number of carbonyl (C=O) groups excluding carboxylic acids is 1. The van der Waals surface area contributed by atoms with Crippen molar-refractivity contribution in [2.75, 3.05) is 25.6 Å². The molecule has 1 N–H and O–H groups in total. The Bertz CT molecular complexity index is 1880. The molecular weight excluding hydrogens is 542 g/mol. The minimum atomic E-state index is -1.03. The summed E-state index contributed by atoms with van der Waals surface area (Å²) >= 11 is 1.20. The van der Waals surface area contributed by atoms with Crippen molar-refractivity contribution in [3.63, 3.8) is 0 Å². The molecule has 0 saturated carbocycles. The summed E-state index contributed by atoms with van der Waals surface area (Å²) in [5.41, 5.74) is 3.91. The molecule has 41 heavy (non-hydrogen) atoms. The number of nitrogens with zero attached hydrogens (tertiary/aromatic N) is 3. The number of hydrogen-bond donors (Lipinski definition) is 1. The molecule has 1 aliphatic heterocycles. The van der Waals surface area contributed by atoms with Gasteiger partial charge >= 0.3 is 11.9 Å². The van der Waals surface area contributed by atoms with Gasteiger partial charge < -0.3 is 19.2 Å². The van der Waals surface area contributed by atoms with Crippen molar-refractivity contribution in [3.8, 4) is 11.3 Å². The van der Waals surface area contributed by atoms with E-state index in [0.29, 0.717) is 37.7 Å². The Morgan fingerprint density at radius 2 is 1.85 bits per heavy atom. The third-order valence-electron chi connectivity index (χ3n) is 6.89. The topological polar surface area (TPSA) is 114 Å². The summed E-state index contributed by atoms with van der Waals surface area (Å²) in [4.78, 5) is 45.5. The molecule has 2 aromatic heterocycles. The first-order valence-corrected chi connectivity index (χ1v) is 13.8. The first-order valence-electron chi connectivity index (χ1n) is 13.0. The zero-order chi connectivity index (χ0) is 29.4. The monoisotopic (exact) mass is 571 g/mol. The second-order valence-corrected chi connectivity index (χ2v) is 10.8. The number of carboxylic acid groups (broad SMARTS) is 1. The van der Waals surface area contributed by atoms with E-state index in [1.807, 2.05) is 50.2 Å². The van der Waals surface area contributed by atoms with Crippen LogP contribution in [0.25, 0.3) is 17.4 Å². The van der Waals surface area contributed by atoms with Crippen LogP contribution >= 0.6 is 11.3 Å². The second-order valence-electron chi connectivity index (χ2n) is 9.83. The van der Waals surface area contributed by atoms with Crippen LogP contribution in [0.1, 0.15) is 47.1 Å². The normalized spacial score (nSPS) is 15.0. The Morgan fingerprint density at radius 1 is 1.12 bits per heavy atom. The van der Waals surface area contributed by atoms with Gasteiger partial charge in [0.25, 0.3) is 5.56 Å². The number of carbonyl (C=O) groups is 2. The van der Waals surface area contributed by atoms with E-state index in [0.717, 1.165) is 16.8 Å². The van der Waals surface area contributed by atoms with Crippen LogP contribution < -0.4 is 19.8 Å². The molecule has 0 saturated heterocycles. The maximum absolute atomic E-state index is 13.9. The van der Waals surface area contributed by atoms with Crippen LogP contribution in [-0.4, -0.2) is 42.3 Å². The molecule has 9 nitrogen and oxygen atoms in total. The Hall–Kier alpha value is -4.70. The molecule has 5 rings (SSSR count). The van der Waals surface area contributed by atoms with Crippen LogP contribution in [0.15, 0.2) is 80.1 Å². The number of hydrogen-bond acceptors (Lipinski definition) is 8. The van der Waals surface area contributed by atoms with Crippen molar-refractivity contribution >= 4 is 35.0 Å². The highest BCUT2D eigenvalue weighted by Gasteiger charge is 2.33. The van der Waals surface area contributed by atoms with Crippen LogP contribution in [0, 0.1) is 6.92 Å². The highest BCUT2D eigenvalue weighted by atomic mass is 32.1. The van der Waals surface area contributed by atoms with E-state index in [9.17, 15) is 19.5 Å². The highest BCUT2D eigenvalue weighted by Crippen LogP contribution is 2.32. The van der Waals surface area contributed by atoms with Gasteiger partial charge in [0.2, 0.25) is 0 Å². The molecule has 1 atom stereocenters. The molecule has 4 aromatic rings. The van der Waals surface area contributed by atoms with E-state index in [1.165, 1.54) is 15.9 Å². The van der Waals surface area contributed by atoms with Crippen LogP contribution in [0.3, 0.4) is 0 Å². The van der Waals surface area contributed by atoms with Gasteiger partial charge in [0, 0.05) is 31.4 Å². The maximum Gasteiger partial charge on any atom is 0.338 e. The summed E-state index contributed by atoms with van der Waals surface area (Å²) in [6.07, 6.45) is 1.64. The van der Waals surface area contributed by atoms with Crippen molar-refractivity contribution in [1.82, 2.24) is 4.57 Å². The van der Waals surface area contributed by atoms with Crippen LogP contribution in [-0.2, 0) is 9.53 Å². The number of aromatic carboxylic acids is 1. The second kappa shape index (κ2) is 11.1. The van der Waals surface area contributed by atoms with Crippen molar-refractivity contribution in [2.45, 2.75) is 26.8 Å². The molecule has 0 radical (unpaired) electrons. The Labute approximate surface area is 240 Å². The average molecular weight is 572 g/mol. The Balaban J connectivity index is 1.62. The molecular formula is C31H29N3O6S. The van der Waals surface area contributed by atoms with Crippen LogP contribution in [0.5, 0.6) is 0 Å². The Morgan fingerprint density at radius 3 is 2.51 bits per heavy atom. The van der Waals surface area contributed by atoms with Gasteiger partial charge in [-0.15, -0.1) is 0 Å². The number of aromatic nitrogens is 1. The summed E-state index contributed by atoms with van der Waals surface area (Å²) in [7, 11) is 3.88. The molecule has 0 spiro atoms. The van der Waals surface area contributed by atoms with Crippen molar-refractivity contribution < 1.29 is 23.8 Å². The summed E-state index contributed by atoms with van der Waals surface area (Å²) in [6, 6.07) is 15.3. The summed E-state index contributed by atoms with van der Waals surface area (Å²) in [5, 5.41) is 9.38. The largest absolute Gasteiger partial charge is 0.478 e. The van der Waals surface area contributed by atoms with Crippen LogP contribution in [0.4, 0.5) is 5.69 Å². The summed E-state index contributed by atoms with van der Waals surface area (Å²) in [6.45, 7) is 5.55. The minimum absolute atomic E-state index is 0.156. The molecule has 1 aliphatic rings. The summed E-state index contributed by atoms with van der Waals surface area (Å²) in [5.74, 6) is -0.621. The number of carboxylic acids is 1. The van der Waals surface area contributed by atoms with Gasteiger partial charge in [0.15, 0.2) is 4.80 Å². The molecule has 10 heteroatoms. The number of ether oxygens (including phenoxy) is 1. The lowest BCUT2D eigenvalue weighted by molar-refractivity contribution is -0.139. The maximum atomic E-state index is 13.9. The number of esters is 1. The van der Waals surface area contributed by atoms with E-state index in [4.69, 9.17) is 9.15 Å². The van der Waals surface area contributed by atoms with Gasteiger partial charge in [-0.1, -0.05) is 29.5 Å². The lowest BCUT2D eigenvalue weighted by Crippen LogP contribution is -2.39. The van der Waals surface area contributed by atoms with Gasteiger partial charge in [-0.05, 0) is 68.3 Å². The zero-order valence-corrected chi connectivity index (χ0v) is 24.1. The molecule has 210 valence electrons. The molecule has 0 bridgehead atoms. The lowest BCUT2D eigenvalue weighted by atomic mass is 9.95. The van der Waals surface area contributed by atoms with Crippen LogP contribution in [0.2, 0.25) is 0 Å². The van der Waals surface area contributed by atoms with Gasteiger partial charge in [0.1, 0.15) is 11.5 Å². The average Bonchev–Trinajstić information content (AvgIpc) is 3.52. The quantitative estimate of drug-likeness (QED) is 0.332. The van der Waals surface area contributed by atoms with E-state index in [2.05, 4.69) is 4.99 Å². The van der Waals surface area contributed by atoms with E-state index >= 15 is 0 Å². The standard InChI is InChI=1S/C31H29N3O6S/c1-6-39-30(38)26-18(3)32-31-34(27(26)19-9-11-21(12-10-19)33(4)5)28(35)25(41-31)16-22-13-14-24(40-22)23-15-20(29(36)37)8-7-17(23)2/h7-16,27H,6H2,1-5H3,(H,36,37)/b25-16-/t27-/m1/s1. The fraction of sp³-hybridized carbons (Fsp3) is 0.226. The first kappa shape index (κ1) is 27.9.